The van der Waals surface area contributed by atoms with E-state index in [0.717, 1.165) is 10.9 Å². The summed E-state index contributed by atoms with van der Waals surface area (Å²) in [5, 5.41) is 4.08. The van der Waals surface area contributed by atoms with Gasteiger partial charge >= 0.3 is 0 Å². The van der Waals surface area contributed by atoms with Crippen LogP contribution in [0.5, 0.6) is 5.75 Å². The monoisotopic (exact) mass is 460 g/mol. The maximum Gasteiger partial charge on any atom is 0.283 e. The van der Waals surface area contributed by atoms with Gasteiger partial charge in [-0.3, -0.25) is 14.2 Å². The zero-order valence-corrected chi connectivity index (χ0v) is 18.5. The molecular weight excluding hydrogens is 440 g/mol. The average molecular weight is 461 g/mol. The van der Waals surface area contributed by atoms with Gasteiger partial charge in [-0.1, -0.05) is 36.0 Å². The second kappa shape index (κ2) is 8.87. The van der Waals surface area contributed by atoms with Crippen LogP contribution in [-0.2, 0) is 11.3 Å². The quantitative estimate of drug-likeness (QED) is 0.282. The third-order valence-corrected chi connectivity index (χ3v) is 6.12. The summed E-state index contributed by atoms with van der Waals surface area (Å²) in [6.07, 6.45) is 1.56. The first-order valence-electron chi connectivity index (χ1n) is 10.2. The Kier molecular flexibility index (Phi) is 5.62. The van der Waals surface area contributed by atoms with Gasteiger partial charge in [0.25, 0.3) is 5.56 Å². The highest BCUT2D eigenvalue weighted by molar-refractivity contribution is 7.99. The summed E-state index contributed by atoms with van der Waals surface area (Å²) in [6, 6.07) is 18.4. The van der Waals surface area contributed by atoms with E-state index >= 15 is 0 Å². The van der Waals surface area contributed by atoms with E-state index in [-0.39, 0.29) is 17.2 Å². The predicted octanol–water partition coefficient (Wildman–Crippen LogP) is 3.88. The third kappa shape index (κ3) is 4.10. The van der Waals surface area contributed by atoms with Crippen molar-refractivity contribution in [3.8, 4) is 11.4 Å². The third-order valence-electron chi connectivity index (χ3n) is 5.18. The number of aromatic nitrogens is 3. The molecule has 2 aromatic carbocycles. The van der Waals surface area contributed by atoms with Crippen molar-refractivity contribution < 1.29 is 13.9 Å². The standard InChI is InChI=1S/C24H20N4O4S/c1-31-16-7-4-6-15(12-16)28-23(30)22-21(18-9-2-3-10-19(18)26-22)27-24(28)33-14-20(29)25-13-17-8-5-11-32-17/h2-12,26H,13-14H2,1H3,(H,25,29). The first-order valence-corrected chi connectivity index (χ1v) is 11.2. The zero-order valence-electron chi connectivity index (χ0n) is 17.7. The number of carbonyl (C=O) groups is 1. The Hall–Kier alpha value is -3.98. The molecule has 0 aliphatic heterocycles. The lowest BCUT2D eigenvalue weighted by Gasteiger charge is -2.13. The summed E-state index contributed by atoms with van der Waals surface area (Å²) < 4.78 is 12.1. The number of hydrogen-bond donors (Lipinski definition) is 2. The van der Waals surface area contributed by atoms with E-state index in [1.807, 2.05) is 24.3 Å². The molecule has 0 aliphatic carbocycles. The van der Waals surface area contributed by atoms with E-state index in [1.165, 1.54) is 16.3 Å². The second-order valence-electron chi connectivity index (χ2n) is 7.28. The van der Waals surface area contributed by atoms with Crippen molar-refractivity contribution in [3.63, 3.8) is 0 Å². The minimum atomic E-state index is -0.247. The van der Waals surface area contributed by atoms with Crippen LogP contribution in [0.3, 0.4) is 0 Å². The molecule has 5 rings (SSSR count). The van der Waals surface area contributed by atoms with Gasteiger partial charge in [0.2, 0.25) is 5.91 Å². The van der Waals surface area contributed by atoms with Crippen molar-refractivity contribution in [2.75, 3.05) is 12.9 Å². The number of thioether (sulfide) groups is 1. The van der Waals surface area contributed by atoms with Crippen LogP contribution in [0.2, 0.25) is 0 Å². The van der Waals surface area contributed by atoms with Gasteiger partial charge in [-0.15, -0.1) is 0 Å². The summed E-state index contributed by atoms with van der Waals surface area (Å²) in [7, 11) is 1.57. The van der Waals surface area contributed by atoms with E-state index in [2.05, 4.69) is 10.3 Å². The number of H-pyrrole nitrogens is 1. The fraction of sp³-hybridized carbons (Fsp3) is 0.125. The molecule has 3 aromatic heterocycles. The number of fused-ring (bicyclic) bond motifs is 3. The van der Waals surface area contributed by atoms with Crippen LogP contribution >= 0.6 is 11.8 Å². The highest BCUT2D eigenvalue weighted by atomic mass is 32.2. The molecule has 166 valence electrons. The van der Waals surface area contributed by atoms with Crippen molar-refractivity contribution >= 4 is 39.6 Å². The van der Waals surface area contributed by atoms with Crippen molar-refractivity contribution in [1.29, 1.82) is 0 Å². The number of benzene rings is 2. The number of hydrogen-bond acceptors (Lipinski definition) is 6. The van der Waals surface area contributed by atoms with Gasteiger partial charge in [0.1, 0.15) is 22.5 Å². The van der Waals surface area contributed by atoms with E-state index in [0.29, 0.717) is 39.9 Å². The van der Waals surface area contributed by atoms with Crippen molar-refractivity contribution in [1.82, 2.24) is 19.9 Å². The number of aromatic amines is 1. The number of furan rings is 1. The number of nitrogens with one attached hydrogen (secondary N) is 2. The van der Waals surface area contributed by atoms with E-state index in [1.54, 1.807) is 49.8 Å². The minimum Gasteiger partial charge on any atom is -0.497 e. The first-order chi connectivity index (χ1) is 16.1. The average Bonchev–Trinajstić information content (AvgIpc) is 3.50. The number of rotatable bonds is 7. The zero-order chi connectivity index (χ0) is 22.8. The van der Waals surface area contributed by atoms with Crippen LogP contribution in [0.15, 0.2) is 81.3 Å². The number of amides is 1. The molecule has 9 heteroatoms. The Balaban J connectivity index is 1.55. The molecule has 0 saturated carbocycles. The van der Waals surface area contributed by atoms with Crippen LogP contribution in [0, 0.1) is 0 Å². The summed E-state index contributed by atoms with van der Waals surface area (Å²) in [5.41, 5.74) is 2.17. The molecule has 0 atom stereocenters. The number of methoxy groups -OCH3 is 1. The van der Waals surface area contributed by atoms with Crippen LogP contribution in [-0.4, -0.2) is 33.3 Å². The Bertz CT molecular complexity index is 1500. The van der Waals surface area contributed by atoms with E-state index in [4.69, 9.17) is 14.1 Å². The minimum absolute atomic E-state index is 0.0883. The normalized spacial score (nSPS) is 11.2. The van der Waals surface area contributed by atoms with Crippen molar-refractivity contribution in [2.45, 2.75) is 11.7 Å². The molecule has 0 bridgehead atoms. The maximum atomic E-state index is 13.6. The van der Waals surface area contributed by atoms with Gasteiger partial charge in [0.05, 0.1) is 31.4 Å². The maximum absolute atomic E-state index is 13.6. The largest absolute Gasteiger partial charge is 0.497 e. The van der Waals surface area contributed by atoms with Gasteiger partial charge in [-0.25, -0.2) is 4.98 Å². The number of nitrogens with zero attached hydrogens (tertiary/aromatic N) is 2. The van der Waals surface area contributed by atoms with E-state index in [9.17, 15) is 9.59 Å². The number of ether oxygens (including phenoxy) is 1. The molecule has 1 amide bonds. The number of para-hydroxylation sites is 1. The predicted molar refractivity (Wildman–Crippen MR) is 127 cm³/mol. The highest BCUT2D eigenvalue weighted by Crippen LogP contribution is 2.27. The first kappa shape index (κ1) is 20.9. The van der Waals surface area contributed by atoms with E-state index < -0.39 is 0 Å². The van der Waals surface area contributed by atoms with Gasteiger partial charge < -0.3 is 19.5 Å². The van der Waals surface area contributed by atoms with Crippen LogP contribution in [0.1, 0.15) is 5.76 Å². The number of carbonyl (C=O) groups excluding carboxylic acids is 1. The summed E-state index contributed by atoms with van der Waals surface area (Å²) in [4.78, 5) is 34.0. The lowest BCUT2D eigenvalue weighted by molar-refractivity contribution is -0.118. The lowest BCUT2D eigenvalue weighted by Crippen LogP contribution is -2.26. The molecule has 0 radical (unpaired) electrons. The molecule has 0 aliphatic rings. The van der Waals surface area contributed by atoms with Crippen LogP contribution in [0.4, 0.5) is 0 Å². The molecule has 0 unspecified atom stereocenters. The Morgan fingerprint density at radius 1 is 1.18 bits per heavy atom. The van der Waals surface area contributed by atoms with Gasteiger partial charge in [0, 0.05) is 17.0 Å². The topological polar surface area (TPSA) is 102 Å². The van der Waals surface area contributed by atoms with Crippen LogP contribution < -0.4 is 15.6 Å². The molecule has 0 saturated heterocycles. The molecule has 2 N–H and O–H groups in total. The van der Waals surface area contributed by atoms with Gasteiger partial charge in [0.15, 0.2) is 5.16 Å². The molecule has 33 heavy (non-hydrogen) atoms. The summed E-state index contributed by atoms with van der Waals surface area (Å²) in [5.74, 6) is 1.18. The van der Waals surface area contributed by atoms with Gasteiger partial charge in [-0.2, -0.15) is 0 Å². The summed E-state index contributed by atoms with van der Waals surface area (Å²) >= 11 is 1.20. The Morgan fingerprint density at radius 2 is 2.06 bits per heavy atom. The second-order valence-corrected chi connectivity index (χ2v) is 8.22. The van der Waals surface area contributed by atoms with Crippen molar-refractivity contribution in [3.05, 3.63) is 83.0 Å². The molecular formula is C24H20N4O4S. The molecule has 0 fully saturated rings. The summed E-state index contributed by atoms with van der Waals surface area (Å²) in [6.45, 7) is 0.296. The van der Waals surface area contributed by atoms with Gasteiger partial charge in [-0.05, 0) is 30.3 Å². The molecule has 5 aromatic rings. The highest BCUT2D eigenvalue weighted by Gasteiger charge is 2.18. The fourth-order valence-electron chi connectivity index (χ4n) is 3.60. The smallest absolute Gasteiger partial charge is 0.283 e. The Labute approximate surface area is 192 Å². The molecule has 8 nitrogen and oxygen atoms in total. The lowest BCUT2D eigenvalue weighted by atomic mass is 10.2. The van der Waals surface area contributed by atoms with Crippen molar-refractivity contribution in [2.24, 2.45) is 0 Å². The Morgan fingerprint density at radius 3 is 2.88 bits per heavy atom. The SMILES string of the molecule is COc1cccc(-n2c(SCC(=O)NCc3ccco3)nc3c([nH]c4ccccc43)c2=O)c1. The fourth-order valence-corrected chi connectivity index (χ4v) is 4.43. The molecule has 3 heterocycles. The van der Waals surface area contributed by atoms with Crippen LogP contribution in [0.25, 0.3) is 27.6 Å². The molecule has 0 spiro atoms.